The van der Waals surface area contributed by atoms with Gasteiger partial charge in [0.1, 0.15) is 5.56 Å². The van der Waals surface area contributed by atoms with Crippen molar-refractivity contribution in [1.29, 1.82) is 0 Å². The molecule has 0 saturated heterocycles. The van der Waals surface area contributed by atoms with E-state index in [0.717, 1.165) is 40.8 Å². The van der Waals surface area contributed by atoms with Crippen LogP contribution in [-0.4, -0.2) is 18.9 Å². The summed E-state index contributed by atoms with van der Waals surface area (Å²) < 4.78 is 33.2. The van der Waals surface area contributed by atoms with Crippen LogP contribution in [0.1, 0.15) is 27.0 Å². The molecule has 0 aliphatic carbocycles. The van der Waals surface area contributed by atoms with Gasteiger partial charge >= 0.3 is 5.97 Å². The largest absolute Gasteiger partial charge is 0.465 e. The molecule has 0 saturated carbocycles. The summed E-state index contributed by atoms with van der Waals surface area (Å²) in [6.45, 7) is 3.63. The van der Waals surface area contributed by atoms with Crippen LogP contribution in [0, 0.1) is 25.5 Å². The van der Waals surface area contributed by atoms with Crippen LogP contribution < -0.4 is 4.57 Å². The average molecular weight is 423 g/mol. The number of halogens is 2. The Morgan fingerprint density at radius 1 is 1.08 bits per heavy atom. The summed E-state index contributed by atoms with van der Waals surface area (Å²) in [5.41, 5.74) is 2.13. The summed E-state index contributed by atoms with van der Waals surface area (Å²) in [6.07, 6.45) is 2.00. The number of ketones is 1. The molecule has 0 spiro atoms. The van der Waals surface area contributed by atoms with Crippen LogP contribution in [0.25, 0.3) is 0 Å². The third-order valence-corrected chi connectivity index (χ3v) is 3.80. The Labute approximate surface area is 170 Å². The van der Waals surface area contributed by atoms with Crippen LogP contribution in [0.15, 0.2) is 30.6 Å². The molecule has 4 nitrogen and oxygen atoms in total. The minimum atomic E-state index is -1.10. The second kappa shape index (κ2) is 9.25. The van der Waals surface area contributed by atoms with Crippen LogP contribution in [0.4, 0.5) is 8.78 Å². The summed E-state index contributed by atoms with van der Waals surface area (Å²) >= 11 is 0. The zero-order valence-electron chi connectivity index (χ0n) is 14.3. The van der Waals surface area contributed by atoms with E-state index in [1.54, 1.807) is 0 Å². The smallest absolute Gasteiger partial charge is 0.344 e. The van der Waals surface area contributed by atoms with Crippen molar-refractivity contribution in [3.05, 3.63) is 64.5 Å². The van der Waals surface area contributed by atoms with E-state index in [1.165, 1.54) is 0 Å². The summed E-state index contributed by atoms with van der Waals surface area (Å²) in [7, 11) is 1.04. The number of ether oxygens (including phenoxy) is 1. The van der Waals surface area contributed by atoms with Crippen molar-refractivity contribution in [3.63, 3.8) is 0 Å². The van der Waals surface area contributed by atoms with Crippen molar-refractivity contribution in [2.45, 2.75) is 26.8 Å². The molecule has 1 heterocycles. The molecule has 1 aromatic carbocycles. The number of benzene rings is 1. The van der Waals surface area contributed by atoms with Crippen LogP contribution in [-0.2, 0) is 55.2 Å². The maximum atomic E-state index is 13.9. The molecule has 0 aliphatic rings. The summed E-state index contributed by atoms with van der Waals surface area (Å²) in [5, 5.41) is 0. The van der Waals surface area contributed by atoms with E-state index >= 15 is 0 Å². The first-order valence-electron chi connectivity index (χ1n) is 7.36. The van der Waals surface area contributed by atoms with Crippen molar-refractivity contribution in [1.82, 2.24) is 0 Å². The number of hydrogen-bond acceptors (Lipinski definition) is 3. The van der Waals surface area contributed by atoms with E-state index in [4.69, 9.17) is 0 Å². The van der Waals surface area contributed by atoms with E-state index in [-0.39, 0.29) is 51.5 Å². The van der Waals surface area contributed by atoms with Gasteiger partial charge in [-0.15, -0.1) is 0 Å². The van der Waals surface area contributed by atoms with Gasteiger partial charge in [-0.25, -0.2) is 4.79 Å². The number of methoxy groups -OCH3 is 1. The number of carbonyl (C=O) groups is 2. The Hall–Kier alpha value is -1.53. The van der Waals surface area contributed by atoms with E-state index in [0.29, 0.717) is 0 Å². The Balaban J connectivity index is 0.00000312. The maximum absolute atomic E-state index is 13.9. The number of pyridine rings is 1. The number of carbonyl (C=O) groups excluding carboxylic acids is 2. The quantitative estimate of drug-likeness (QED) is 0.549. The standard InChI is InChI=1S/C18H18F2NO3.Y/c1-11-5-4-6-12(2)14(11)7-13(22)8-21-9-15(19)17(16(20)10-21)18(23)24-3;/h4-6,9-10H,7-8H2,1-3H3;/q+1;. The van der Waals surface area contributed by atoms with Gasteiger partial charge in [0, 0.05) is 39.1 Å². The third-order valence-electron chi connectivity index (χ3n) is 3.80. The molecular weight excluding hydrogens is 405 g/mol. The minimum Gasteiger partial charge on any atom is -0.465 e. The maximum Gasteiger partial charge on any atom is 0.344 e. The molecule has 1 radical (unpaired) electrons. The van der Waals surface area contributed by atoms with Gasteiger partial charge in [0.2, 0.25) is 36.4 Å². The zero-order valence-corrected chi connectivity index (χ0v) is 17.1. The topological polar surface area (TPSA) is 47.2 Å². The van der Waals surface area contributed by atoms with Gasteiger partial charge in [-0.2, -0.15) is 13.3 Å². The van der Waals surface area contributed by atoms with Gasteiger partial charge in [-0.05, 0) is 30.5 Å². The average Bonchev–Trinajstić information content (AvgIpc) is 2.50. The predicted molar refractivity (Wildman–Crippen MR) is 82.5 cm³/mol. The fourth-order valence-corrected chi connectivity index (χ4v) is 2.54. The minimum absolute atomic E-state index is 0. The monoisotopic (exact) mass is 423 g/mol. The van der Waals surface area contributed by atoms with Crippen molar-refractivity contribution < 1.29 is 60.4 Å². The number of Topliss-reactive ketones (excluding diaryl/α,β-unsaturated/α-hetero) is 1. The van der Waals surface area contributed by atoms with Gasteiger partial charge < -0.3 is 4.74 Å². The predicted octanol–water partition coefficient (Wildman–Crippen LogP) is 2.47. The molecule has 1 aromatic heterocycles. The first-order valence-corrected chi connectivity index (χ1v) is 7.36. The van der Waals surface area contributed by atoms with Gasteiger partial charge in [0.25, 0.3) is 0 Å². The molecule has 25 heavy (non-hydrogen) atoms. The van der Waals surface area contributed by atoms with Gasteiger partial charge in [-0.1, -0.05) is 18.2 Å². The van der Waals surface area contributed by atoms with Gasteiger partial charge in [0.15, 0.2) is 0 Å². The van der Waals surface area contributed by atoms with Gasteiger partial charge in [-0.3, -0.25) is 4.79 Å². The molecule has 129 valence electrons. The van der Waals surface area contributed by atoms with E-state index in [2.05, 4.69) is 4.74 Å². The first kappa shape index (κ1) is 21.5. The zero-order chi connectivity index (χ0) is 17.9. The van der Waals surface area contributed by atoms with E-state index in [9.17, 15) is 18.4 Å². The SMILES string of the molecule is COC(=O)c1c(F)c[n+](CC(=O)Cc2c(C)cccc2C)cc1F.[Y]. The molecule has 0 aliphatic heterocycles. The van der Waals surface area contributed by atoms with Crippen molar-refractivity contribution >= 4 is 11.8 Å². The number of esters is 1. The normalized spacial score (nSPS) is 10.1. The number of hydrogen-bond donors (Lipinski definition) is 0. The molecule has 2 aromatic rings. The Morgan fingerprint density at radius 2 is 1.60 bits per heavy atom. The number of aromatic nitrogens is 1. The first-order chi connectivity index (χ1) is 11.3. The molecule has 0 atom stereocenters. The fourth-order valence-electron chi connectivity index (χ4n) is 2.54. The molecule has 2 rings (SSSR count). The van der Waals surface area contributed by atoms with Crippen LogP contribution >= 0.6 is 0 Å². The molecule has 0 N–H and O–H groups in total. The summed E-state index contributed by atoms with van der Waals surface area (Å²) in [5.74, 6) is -3.43. The van der Waals surface area contributed by atoms with Crippen LogP contribution in [0.2, 0.25) is 0 Å². The Kier molecular flexibility index (Phi) is 7.96. The summed E-state index contributed by atoms with van der Waals surface area (Å²) in [4.78, 5) is 23.6. The number of nitrogens with zero attached hydrogens (tertiary/aromatic N) is 1. The number of aryl methyl sites for hydroxylation is 2. The second-order valence-corrected chi connectivity index (χ2v) is 5.58. The number of rotatable bonds is 5. The van der Waals surface area contributed by atoms with Crippen LogP contribution in [0.3, 0.4) is 0 Å². The third kappa shape index (κ3) is 5.22. The van der Waals surface area contributed by atoms with Crippen LogP contribution in [0.5, 0.6) is 0 Å². The van der Waals surface area contributed by atoms with Gasteiger partial charge in [0.05, 0.1) is 7.11 Å². The van der Waals surface area contributed by atoms with E-state index in [1.807, 2.05) is 32.0 Å². The molecule has 0 fully saturated rings. The molecule has 0 amide bonds. The van der Waals surface area contributed by atoms with Crippen molar-refractivity contribution in [2.24, 2.45) is 0 Å². The van der Waals surface area contributed by atoms with E-state index < -0.39 is 23.2 Å². The van der Waals surface area contributed by atoms with Crippen molar-refractivity contribution in [2.75, 3.05) is 7.11 Å². The molecular formula is C18H18F2NO3Y+. The second-order valence-electron chi connectivity index (χ2n) is 5.58. The molecule has 0 unspecified atom stereocenters. The Bertz CT molecular complexity index is 766. The van der Waals surface area contributed by atoms with Crippen molar-refractivity contribution in [3.8, 4) is 0 Å². The molecule has 7 heteroatoms. The molecule has 0 bridgehead atoms. The Morgan fingerprint density at radius 3 is 2.08 bits per heavy atom. The summed E-state index contributed by atoms with van der Waals surface area (Å²) in [6, 6.07) is 5.73. The fraction of sp³-hybridized carbons (Fsp3) is 0.278.